The van der Waals surface area contributed by atoms with Crippen LogP contribution in [0.5, 0.6) is 0 Å². The third-order valence-corrected chi connectivity index (χ3v) is 5.17. The summed E-state index contributed by atoms with van der Waals surface area (Å²) in [4.78, 5) is 39.8. The molecule has 2 aliphatic rings. The minimum atomic E-state index is -0.346. The molecule has 7 heteroatoms. The number of carbonyl (C=O) groups is 3. The highest BCUT2D eigenvalue weighted by Gasteiger charge is 2.28. The minimum absolute atomic E-state index is 0.109. The van der Waals surface area contributed by atoms with E-state index in [1.807, 2.05) is 30.3 Å². The Labute approximate surface area is 169 Å². The van der Waals surface area contributed by atoms with E-state index in [0.717, 1.165) is 16.8 Å². The summed E-state index contributed by atoms with van der Waals surface area (Å²) in [5.74, 6) is -0.292. The molecule has 1 fully saturated rings. The molecule has 2 heterocycles. The first-order chi connectivity index (χ1) is 14.0. The van der Waals surface area contributed by atoms with Crippen LogP contribution < -0.4 is 15.5 Å². The van der Waals surface area contributed by atoms with Crippen molar-refractivity contribution < 1.29 is 14.4 Å². The highest BCUT2D eigenvalue weighted by molar-refractivity contribution is 5.95. The van der Waals surface area contributed by atoms with Crippen molar-refractivity contribution in [2.24, 2.45) is 0 Å². The van der Waals surface area contributed by atoms with Crippen LogP contribution in [0.15, 0.2) is 54.7 Å². The summed E-state index contributed by atoms with van der Waals surface area (Å²) in [5, 5.41) is 5.65. The number of amides is 4. The van der Waals surface area contributed by atoms with Gasteiger partial charge in [-0.2, -0.15) is 0 Å². The normalized spacial score (nSPS) is 17.7. The second-order valence-corrected chi connectivity index (χ2v) is 7.07. The quantitative estimate of drug-likeness (QED) is 0.842. The SMILES string of the molecule is CC(=O)N1C=Cc2ccccc2C1CC(=O)Nc1ccc(N2CCNC2=O)cc1. The number of hydrogen-bond donors (Lipinski definition) is 2. The van der Waals surface area contributed by atoms with Gasteiger partial charge in [-0.1, -0.05) is 24.3 Å². The number of hydrogen-bond acceptors (Lipinski definition) is 3. The second kappa shape index (κ2) is 7.79. The van der Waals surface area contributed by atoms with Crippen molar-refractivity contribution in [3.05, 3.63) is 65.9 Å². The van der Waals surface area contributed by atoms with Gasteiger partial charge < -0.3 is 15.5 Å². The summed E-state index contributed by atoms with van der Waals surface area (Å²) in [7, 11) is 0. The first-order valence-corrected chi connectivity index (χ1v) is 9.54. The highest BCUT2D eigenvalue weighted by atomic mass is 16.2. The molecule has 4 amide bonds. The third kappa shape index (κ3) is 3.85. The van der Waals surface area contributed by atoms with Gasteiger partial charge in [-0.15, -0.1) is 0 Å². The Bertz CT molecular complexity index is 984. The first-order valence-electron chi connectivity index (χ1n) is 9.54. The van der Waals surface area contributed by atoms with Crippen LogP contribution >= 0.6 is 0 Å². The van der Waals surface area contributed by atoms with Gasteiger partial charge in [-0.25, -0.2) is 4.79 Å². The van der Waals surface area contributed by atoms with Gasteiger partial charge in [0, 0.05) is 37.6 Å². The summed E-state index contributed by atoms with van der Waals surface area (Å²) in [6, 6.07) is 14.5. The molecule has 2 aliphatic heterocycles. The number of anilines is 2. The van der Waals surface area contributed by atoms with E-state index in [2.05, 4.69) is 10.6 Å². The Hall–Kier alpha value is -3.61. The summed E-state index contributed by atoms with van der Waals surface area (Å²) >= 11 is 0. The molecule has 1 unspecified atom stereocenters. The van der Waals surface area contributed by atoms with Crippen LogP contribution in [0.25, 0.3) is 6.08 Å². The molecule has 0 bridgehead atoms. The van der Waals surface area contributed by atoms with Crippen molar-refractivity contribution in [1.82, 2.24) is 10.2 Å². The lowest BCUT2D eigenvalue weighted by molar-refractivity contribution is -0.129. The highest BCUT2D eigenvalue weighted by Crippen LogP contribution is 2.33. The molecule has 2 aromatic rings. The number of rotatable bonds is 4. The van der Waals surface area contributed by atoms with Crippen LogP contribution in [0.1, 0.15) is 30.5 Å². The molecular formula is C22H22N4O3. The second-order valence-electron chi connectivity index (χ2n) is 7.07. The van der Waals surface area contributed by atoms with Gasteiger partial charge in [0.15, 0.2) is 0 Å². The molecule has 0 spiro atoms. The Morgan fingerprint density at radius 3 is 2.59 bits per heavy atom. The van der Waals surface area contributed by atoms with E-state index in [0.29, 0.717) is 18.8 Å². The van der Waals surface area contributed by atoms with Crippen LogP contribution in [0, 0.1) is 0 Å². The Morgan fingerprint density at radius 2 is 1.90 bits per heavy atom. The average molecular weight is 390 g/mol. The molecule has 2 aromatic carbocycles. The zero-order chi connectivity index (χ0) is 20.4. The van der Waals surface area contributed by atoms with Gasteiger partial charge in [-0.3, -0.25) is 14.5 Å². The zero-order valence-electron chi connectivity index (χ0n) is 16.1. The van der Waals surface area contributed by atoms with Crippen LogP contribution in [0.3, 0.4) is 0 Å². The van der Waals surface area contributed by atoms with E-state index in [1.165, 1.54) is 6.92 Å². The van der Waals surface area contributed by atoms with Crippen molar-refractivity contribution in [1.29, 1.82) is 0 Å². The molecule has 1 saturated heterocycles. The minimum Gasteiger partial charge on any atom is -0.336 e. The number of carbonyl (C=O) groups excluding carboxylic acids is 3. The van der Waals surface area contributed by atoms with E-state index in [9.17, 15) is 14.4 Å². The molecule has 4 rings (SSSR count). The van der Waals surface area contributed by atoms with Crippen molar-refractivity contribution in [3.63, 3.8) is 0 Å². The Kier molecular flexibility index (Phi) is 5.03. The van der Waals surface area contributed by atoms with Gasteiger partial charge >= 0.3 is 6.03 Å². The predicted octanol–water partition coefficient (Wildman–Crippen LogP) is 3.12. The topological polar surface area (TPSA) is 81.8 Å². The standard InChI is InChI=1S/C22H22N4O3/c1-15(27)25-12-10-16-4-2-3-5-19(16)20(25)14-21(28)24-17-6-8-18(9-7-17)26-13-11-23-22(26)29/h2-10,12,20H,11,13-14H2,1H3,(H,23,29)(H,24,28). The molecular weight excluding hydrogens is 368 g/mol. The third-order valence-electron chi connectivity index (χ3n) is 5.17. The first kappa shape index (κ1) is 18.7. The maximum absolute atomic E-state index is 12.7. The fourth-order valence-corrected chi connectivity index (χ4v) is 3.74. The smallest absolute Gasteiger partial charge is 0.321 e. The Morgan fingerprint density at radius 1 is 1.14 bits per heavy atom. The molecule has 1 atom stereocenters. The molecule has 7 nitrogen and oxygen atoms in total. The van der Waals surface area contributed by atoms with E-state index in [1.54, 1.807) is 40.3 Å². The largest absolute Gasteiger partial charge is 0.336 e. The van der Waals surface area contributed by atoms with Crippen molar-refractivity contribution in [2.75, 3.05) is 23.3 Å². The fraction of sp³-hybridized carbons (Fsp3) is 0.227. The molecule has 0 saturated carbocycles. The van der Waals surface area contributed by atoms with Crippen LogP contribution in [-0.4, -0.2) is 35.8 Å². The molecule has 148 valence electrons. The Balaban J connectivity index is 1.46. The zero-order valence-corrected chi connectivity index (χ0v) is 16.1. The number of nitrogens with zero attached hydrogens (tertiary/aromatic N) is 2. The number of nitrogens with one attached hydrogen (secondary N) is 2. The molecule has 0 aromatic heterocycles. The summed E-state index contributed by atoms with van der Waals surface area (Å²) in [6.07, 6.45) is 3.77. The maximum atomic E-state index is 12.7. The lowest BCUT2D eigenvalue weighted by Crippen LogP contribution is -2.33. The average Bonchev–Trinajstić information content (AvgIpc) is 3.14. The lowest BCUT2D eigenvalue weighted by atomic mass is 9.93. The van der Waals surface area contributed by atoms with Crippen molar-refractivity contribution in [3.8, 4) is 0 Å². The van der Waals surface area contributed by atoms with E-state index in [4.69, 9.17) is 0 Å². The molecule has 29 heavy (non-hydrogen) atoms. The molecule has 2 N–H and O–H groups in total. The monoisotopic (exact) mass is 390 g/mol. The summed E-state index contributed by atoms with van der Waals surface area (Å²) < 4.78 is 0. The van der Waals surface area contributed by atoms with Gasteiger partial charge in [0.1, 0.15) is 0 Å². The van der Waals surface area contributed by atoms with Crippen LogP contribution in [-0.2, 0) is 9.59 Å². The number of urea groups is 1. The van der Waals surface area contributed by atoms with Crippen LogP contribution in [0.4, 0.5) is 16.2 Å². The van der Waals surface area contributed by atoms with Crippen molar-refractivity contribution in [2.45, 2.75) is 19.4 Å². The lowest BCUT2D eigenvalue weighted by Gasteiger charge is -2.32. The molecule has 0 aliphatic carbocycles. The summed E-state index contributed by atoms with van der Waals surface area (Å²) in [5.41, 5.74) is 3.39. The van der Waals surface area contributed by atoms with E-state index in [-0.39, 0.29) is 30.3 Å². The van der Waals surface area contributed by atoms with Gasteiger partial charge in [0.2, 0.25) is 11.8 Å². The van der Waals surface area contributed by atoms with Gasteiger partial charge in [0.05, 0.1) is 12.5 Å². The summed E-state index contributed by atoms with van der Waals surface area (Å²) in [6.45, 7) is 2.75. The van der Waals surface area contributed by atoms with Gasteiger partial charge in [-0.05, 0) is 41.5 Å². The van der Waals surface area contributed by atoms with Gasteiger partial charge in [0.25, 0.3) is 0 Å². The number of fused-ring (bicyclic) bond motifs is 1. The molecule has 0 radical (unpaired) electrons. The maximum Gasteiger partial charge on any atom is 0.321 e. The van der Waals surface area contributed by atoms with E-state index >= 15 is 0 Å². The van der Waals surface area contributed by atoms with Crippen LogP contribution in [0.2, 0.25) is 0 Å². The predicted molar refractivity (Wildman–Crippen MR) is 111 cm³/mol. The number of benzene rings is 2. The van der Waals surface area contributed by atoms with E-state index < -0.39 is 0 Å². The fourth-order valence-electron chi connectivity index (χ4n) is 3.74. The van der Waals surface area contributed by atoms with Crippen molar-refractivity contribution >= 4 is 35.3 Å².